The lowest BCUT2D eigenvalue weighted by molar-refractivity contribution is 0.0940. The van der Waals surface area contributed by atoms with E-state index in [0.717, 1.165) is 11.3 Å². The Balaban J connectivity index is 2.04. The van der Waals surface area contributed by atoms with E-state index < -0.39 is 0 Å². The second-order valence-electron chi connectivity index (χ2n) is 4.83. The molecule has 0 aliphatic heterocycles. The average molecular weight is 269 g/mol. The number of nitrogens with one attached hydrogen (secondary N) is 1. The molecule has 0 heterocycles. The van der Waals surface area contributed by atoms with Crippen LogP contribution in [-0.2, 0) is 0 Å². The van der Waals surface area contributed by atoms with E-state index in [1.54, 1.807) is 31.4 Å². The number of carbonyl (C=O) groups excluding carboxylic acids is 1. The maximum absolute atomic E-state index is 12.1. The zero-order valence-corrected chi connectivity index (χ0v) is 12.0. The van der Waals surface area contributed by atoms with Gasteiger partial charge in [-0.1, -0.05) is 29.8 Å². The van der Waals surface area contributed by atoms with E-state index in [1.807, 2.05) is 38.1 Å². The third-order valence-corrected chi connectivity index (χ3v) is 3.28. The molecule has 104 valence electrons. The first-order valence-corrected chi connectivity index (χ1v) is 6.61. The van der Waals surface area contributed by atoms with Crippen LogP contribution in [-0.4, -0.2) is 13.0 Å². The first kappa shape index (κ1) is 14.1. The first-order chi connectivity index (χ1) is 9.60. The van der Waals surface area contributed by atoms with E-state index in [0.29, 0.717) is 5.56 Å². The summed E-state index contributed by atoms with van der Waals surface area (Å²) in [6.07, 6.45) is 0. The summed E-state index contributed by atoms with van der Waals surface area (Å²) in [5.41, 5.74) is 2.93. The molecule has 0 aliphatic carbocycles. The zero-order valence-electron chi connectivity index (χ0n) is 12.0. The van der Waals surface area contributed by atoms with Gasteiger partial charge in [-0.3, -0.25) is 4.79 Å². The molecule has 3 heteroatoms. The molecule has 0 fully saturated rings. The van der Waals surface area contributed by atoms with Crippen LogP contribution in [0.5, 0.6) is 5.75 Å². The minimum absolute atomic E-state index is 0.0230. The van der Waals surface area contributed by atoms with E-state index >= 15 is 0 Å². The average Bonchev–Trinajstić information content (AvgIpc) is 2.48. The first-order valence-electron chi connectivity index (χ1n) is 6.61. The number of amides is 1. The molecule has 0 saturated heterocycles. The molecule has 2 rings (SSSR count). The Hall–Kier alpha value is -2.29. The van der Waals surface area contributed by atoms with Crippen molar-refractivity contribution in [3.8, 4) is 5.75 Å². The smallest absolute Gasteiger partial charge is 0.251 e. The molecule has 0 unspecified atom stereocenters. The van der Waals surface area contributed by atoms with Crippen molar-refractivity contribution in [2.75, 3.05) is 7.11 Å². The van der Waals surface area contributed by atoms with E-state index in [4.69, 9.17) is 4.74 Å². The Bertz CT molecular complexity index is 573. The predicted molar refractivity (Wildman–Crippen MR) is 80.1 cm³/mol. The van der Waals surface area contributed by atoms with Gasteiger partial charge < -0.3 is 10.1 Å². The number of benzene rings is 2. The van der Waals surface area contributed by atoms with Crippen LogP contribution in [0.1, 0.15) is 34.5 Å². The summed E-state index contributed by atoms with van der Waals surface area (Å²) in [6, 6.07) is 15.2. The van der Waals surface area contributed by atoms with Crippen molar-refractivity contribution in [1.29, 1.82) is 0 Å². The monoisotopic (exact) mass is 269 g/mol. The van der Waals surface area contributed by atoms with Gasteiger partial charge in [-0.05, 0) is 43.7 Å². The normalized spacial score (nSPS) is 11.8. The molecule has 0 aliphatic rings. The van der Waals surface area contributed by atoms with Crippen molar-refractivity contribution < 1.29 is 9.53 Å². The van der Waals surface area contributed by atoms with Gasteiger partial charge in [0.15, 0.2) is 0 Å². The summed E-state index contributed by atoms with van der Waals surface area (Å²) in [5, 5.41) is 2.99. The molecular weight excluding hydrogens is 250 g/mol. The summed E-state index contributed by atoms with van der Waals surface area (Å²) in [5.74, 6) is 0.661. The minimum Gasteiger partial charge on any atom is -0.497 e. The highest BCUT2D eigenvalue weighted by Crippen LogP contribution is 2.15. The van der Waals surface area contributed by atoms with Crippen molar-refractivity contribution in [2.24, 2.45) is 0 Å². The lowest BCUT2D eigenvalue weighted by Gasteiger charge is -2.14. The van der Waals surface area contributed by atoms with Gasteiger partial charge in [0.1, 0.15) is 5.75 Å². The van der Waals surface area contributed by atoms with Crippen LogP contribution >= 0.6 is 0 Å². The van der Waals surface area contributed by atoms with Crippen molar-refractivity contribution in [2.45, 2.75) is 19.9 Å². The molecule has 3 nitrogen and oxygen atoms in total. The molecule has 0 aromatic heterocycles. The van der Waals surface area contributed by atoms with Gasteiger partial charge >= 0.3 is 0 Å². The second kappa shape index (κ2) is 6.24. The Labute approximate surface area is 119 Å². The van der Waals surface area contributed by atoms with Crippen molar-refractivity contribution >= 4 is 5.91 Å². The number of ether oxygens (including phenoxy) is 1. The van der Waals surface area contributed by atoms with Gasteiger partial charge in [-0.15, -0.1) is 0 Å². The molecule has 20 heavy (non-hydrogen) atoms. The molecule has 1 N–H and O–H groups in total. The van der Waals surface area contributed by atoms with Crippen LogP contribution in [0.25, 0.3) is 0 Å². The molecule has 1 amide bonds. The highest BCUT2D eigenvalue weighted by atomic mass is 16.5. The summed E-state index contributed by atoms with van der Waals surface area (Å²) in [6.45, 7) is 4.02. The van der Waals surface area contributed by atoms with Gasteiger partial charge in [-0.25, -0.2) is 0 Å². The second-order valence-corrected chi connectivity index (χ2v) is 4.83. The summed E-state index contributed by atoms with van der Waals surface area (Å²) < 4.78 is 5.08. The fraction of sp³-hybridized carbons (Fsp3) is 0.235. The lowest BCUT2D eigenvalue weighted by Crippen LogP contribution is -2.26. The fourth-order valence-corrected chi connectivity index (χ4v) is 1.96. The quantitative estimate of drug-likeness (QED) is 0.922. The number of hydrogen-bond donors (Lipinski definition) is 1. The fourth-order valence-electron chi connectivity index (χ4n) is 1.96. The van der Waals surface area contributed by atoms with Crippen molar-refractivity contribution in [1.82, 2.24) is 5.32 Å². The van der Waals surface area contributed by atoms with Gasteiger partial charge in [0.05, 0.1) is 13.2 Å². The van der Waals surface area contributed by atoms with E-state index in [9.17, 15) is 4.79 Å². The SMILES string of the molecule is COc1ccc(C(=O)N[C@@H](C)c2ccc(C)cc2)cc1. The highest BCUT2D eigenvalue weighted by molar-refractivity contribution is 5.94. The number of rotatable bonds is 4. The van der Waals surface area contributed by atoms with Gasteiger partial charge in [0, 0.05) is 5.56 Å². The van der Waals surface area contributed by atoms with Crippen molar-refractivity contribution in [3.63, 3.8) is 0 Å². The van der Waals surface area contributed by atoms with Gasteiger partial charge in [0.25, 0.3) is 5.91 Å². The predicted octanol–water partition coefficient (Wildman–Crippen LogP) is 3.49. The number of carbonyl (C=O) groups is 1. The van der Waals surface area contributed by atoms with Crippen LogP contribution in [0.15, 0.2) is 48.5 Å². The Morgan fingerprint density at radius 2 is 1.65 bits per heavy atom. The summed E-state index contributed by atoms with van der Waals surface area (Å²) >= 11 is 0. The van der Waals surface area contributed by atoms with Crippen LogP contribution in [0, 0.1) is 6.92 Å². The molecule has 1 atom stereocenters. The number of methoxy groups -OCH3 is 1. The molecule has 0 spiro atoms. The third kappa shape index (κ3) is 3.38. The van der Waals surface area contributed by atoms with Crippen LogP contribution in [0.3, 0.4) is 0 Å². The zero-order chi connectivity index (χ0) is 14.5. The largest absolute Gasteiger partial charge is 0.497 e. The van der Waals surface area contributed by atoms with Crippen LogP contribution < -0.4 is 10.1 Å². The summed E-state index contributed by atoms with van der Waals surface area (Å²) in [4.78, 5) is 12.1. The van der Waals surface area contributed by atoms with E-state index in [-0.39, 0.29) is 11.9 Å². The van der Waals surface area contributed by atoms with E-state index in [2.05, 4.69) is 5.32 Å². The highest BCUT2D eigenvalue weighted by Gasteiger charge is 2.11. The van der Waals surface area contributed by atoms with Gasteiger partial charge in [0.2, 0.25) is 0 Å². The molecule has 2 aromatic rings. The maximum Gasteiger partial charge on any atom is 0.251 e. The Kier molecular flexibility index (Phi) is 4.41. The summed E-state index contributed by atoms with van der Waals surface area (Å²) in [7, 11) is 1.61. The Morgan fingerprint density at radius 1 is 1.05 bits per heavy atom. The molecule has 0 bridgehead atoms. The van der Waals surface area contributed by atoms with E-state index in [1.165, 1.54) is 5.56 Å². The van der Waals surface area contributed by atoms with Crippen LogP contribution in [0.4, 0.5) is 0 Å². The number of aryl methyl sites for hydroxylation is 1. The Morgan fingerprint density at radius 3 is 2.20 bits per heavy atom. The minimum atomic E-state index is -0.0827. The lowest BCUT2D eigenvalue weighted by atomic mass is 10.1. The third-order valence-electron chi connectivity index (χ3n) is 3.28. The standard InChI is InChI=1S/C17H19NO2/c1-12-4-6-14(7-5-12)13(2)18-17(19)15-8-10-16(20-3)11-9-15/h4-11,13H,1-3H3,(H,18,19)/t13-/m0/s1. The number of hydrogen-bond acceptors (Lipinski definition) is 2. The van der Waals surface area contributed by atoms with Crippen molar-refractivity contribution in [3.05, 3.63) is 65.2 Å². The molecule has 0 radical (unpaired) electrons. The molecular formula is C17H19NO2. The molecule has 2 aromatic carbocycles. The topological polar surface area (TPSA) is 38.3 Å². The van der Waals surface area contributed by atoms with Crippen LogP contribution in [0.2, 0.25) is 0 Å². The molecule has 0 saturated carbocycles. The maximum atomic E-state index is 12.1. The van der Waals surface area contributed by atoms with Gasteiger partial charge in [-0.2, -0.15) is 0 Å².